The fraction of sp³-hybridized carbons (Fsp3) is 0.0200. The van der Waals surface area contributed by atoms with Crippen molar-refractivity contribution in [2.24, 2.45) is 0 Å². The van der Waals surface area contributed by atoms with Crippen LogP contribution in [0.2, 0.25) is 0 Å². The number of carbonyl (C=O) groups is 1. The van der Waals surface area contributed by atoms with Gasteiger partial charge >= 0.3 is 0 Å². The highest BCUT2D eigenvalue weighted by Gasteiger charge is 2.46. The monoisotopic (exact) mass is 676 g/mol. The van der Waals surface area contributed by atoms with E-state index in [1.807, 2.05) is 12.1 Å². The maximum atomic E-state index is 14.5. The molecule has 2 aromatic heterocycles. The van der Waals surface area contributed by atoms with Crippen molar-refractivity contribution in [1.29, 1.82) is 0 Å². The van der Waals surface area contributed by atoms with Gasteiger partial charge in [-0.1, -0.05) is 146 Å². The zero-order valence-corrected chi connectivity index (χ0v) is 28.8. The van der Waals surface area contributed by atoms with Crippen LogP contribution in [0.15, 0.2) is 194 Å². The lowest BCUT2D eigenvalue weighted by Crippen LogP contribution is -2.38. The van der Waals surface area contributed by atoms with Gasteiger partial charge < -0.3 is 9.13 Å². The predicted octanol–water partition coefficient (Wildman–Crippen LogP) is 11.8. The van der Waals surface area contributed by atoms with Crippen LogP contribution in [0.1, 0.15) is 38.2 Å². The molecule has 0 atom stereocenters. The summed E-state index contributed by atoms with van der Waals surface area (Å²) in [7, 11) is 0. The second-order valence-corrected chi connectivity index (χ2v) is 14.0. The molecule has 0 aliphatic heterocycles. The van der Waals surface area contributed by atoms with Crippen LogP contribution in [0.5, 0.6) is 0 Å². The minimum Gasteiger partial charge on any atom is -0.309 e. The number of hydrogen-bond acceptors (Lipinski definition) is 1. The van der Waals surface area contributed by atoms with Crippen molar-refractivity contribution in [3.63, 3.8) is 0 Å². The van der Waals surface area contributed by atoms with Crippen LogP contribution in [-0.2, 0) is 5.41 Å². The zero-order chi connectivity index (χ0) is 35.1. The molecule has 0 unspecified atom stereocenters. The molecule has 248 valence electrons. The molecule has 0 saturated carbocycles. The molecule has 0 spiro atoms. The molecule has 53 heavy (non-hydrogen) atoms. The van der Waals surface area contributed by atoms with Crippen molar-refractivity contribution in [1.82, 2.24) is 9.13 Å². The Bertz CT molecular complexity index is 3020. The molecule has 0 N–H and O–H groups in total. The summed E-state index contributed by atoms with van der Waals surface area (Å²) in [6.45, 7) is 0. The van der Waals surface area contributed by atoms with Crippen LogP contribution in [0.4, 0.5) is 0 Å². The zero-order valence-electron chi connectivity index (χ0n) is 28.8. The van der Waals surface area contributed by atoms with Crippen molar-refractivity contribution >= 4 is 49.4 Å². The average molecular weight is 677 g/mol. The number of rotatable bonds is 4. The van der Waals surface area contributed by atoms with E-state index in [2.05, 4.69) is 191 Å². The van der Waals surface area contributed by atoms with E-state index in [0.717, 1.165) is 55.8 Å². The second-order valence-electron chi connectivity index (χ2n) is 14.0. The van der Waals surface area contributed by atoms with Crippen LogP contribution < -0.4 is 0 Å². The Morgan fingerprint density at radius 2 is 0.943 bits per heavy atom. The number of para-hydroxylation sites is 3. The number of fused-ring (bicyclic) bond motifs is 9. The van der Waals surface area contributed by atoms with Crippen molar-refractivity contribution in [3.8, 4) is 11.4 Å². The van der Waals surface area contributed by atoms with Gasteiger partial charge in [-0.2, -0.15) is 0 Å². The van der Waals surface area contributed by atoms with E-state index in [4.69, 9.17) is 0 Å². The number of ketones is 1. The maximum absolute atomic E-state index is 14.5. The van der Waals surface area contributed by atoms with Gasteiger partial charge in [-0.15, -0.1) is 0 Å². The SMILES string of the molecule is O=C1c2ccccc2C(c2ccccc2)(c2ccccc2)c2cc(-n3c4ccccc4c4c3ccc3c5ccccc5n(-c5ccccc5)c34)ccc21. The smallest absolute Gasteiger partial charge is 0.193 e. The van der Waals surface area contributed by atoms with Gasteiger partial charge in [-0.25, -0.2) is 0 Å². The predicted molar refractivity (Wildman–Crippen MR) is 217 cm³/mol. The van der Waals surface area contributed by atoms with Gasteiger partial charge in [0.05, 0.1) is 27.5 Å². The minimum absolute atomic E-state index is 0.0564. The molecule has 0 amide bonds. The molecule has 3 heteroatoms. The summed E-state index contributed by atoms with van der Waals surface area (Å²) in [5, 5.41) is 4.84. The molecule has 3 nitrogen and oxygen atoms in total. The van der Waals surface area contributed by atoms with Crippen LogP contribution >= 0.6 is 0 Å². The largest absolute Gasteiger partial charge is 0.309 e. The molecule has 0 bridgehead atoms. The highest BCUT2D eigenvalue weighted by Crippen LogP contribution is 2.52. The Kier molecular flexibility index (Phi) is 6.32. The van der Waals surface area contributed by atoms with Gasteiger partial charge in [0.1, 0.15) is 0 Å². The first-order chi connectivity index (χ1) is 26.2. The third kappa shape index (κ3) is 4.02. The Hall–Kier alpha value is -6.97. The van der Waals surface area contributed by atoms with Crippen molar-refractivity contribution < 1.29 is 4.79 Å². The van der Waals surface area contributed by atoms with E-state index in [9.17, 15) is 4.79 Å². The summed E-state index contributed by atoms with van der Waals surface area (Å²) in [5.41, 5.74) is 11.7. The lowest BCUT2D eigenvalue weighted by Gasteiger charge is -2.42. The van der Waals surface area contributed by atoms with Gasteiger partial charge in [0.2, 0.25) is 0 Å². The molecule has 1 aliphatic carbocycles. The molecule has 11 rings (SSSR count). The molecule has 2 heterocycles. The number of hydrogen-bond donors (Lipinski definition) is 0. The quantitative estimate of drug-likeness (QED) is 0.182. The molecule has 0 radical (unpaired) electrons. The van der Waals surface area contributed by atoms with Gasteiger partial charge in [0, 0.05) is 44.0 Å². The second kappa shape index (κ2) is 11.3. The van der Waals surface area contributed by atoms with Crippen LogP contribution in [0.3, 0.4) is 0 Å². The Morgan fingerprint density at radius 1 is 0.377 bits per heavy atom. The lowest BCUT2D eigenvalue weighted by molar-refractivity contribution is 0.103. The van der Waals surface area contributed by atoms with E-state index in [0.29, 0.717) is 0 Å². The molecule has 0 fully saturated rings. The third-order valence-corrected chi connectivity index (χ3v) is 11.4. The van der Waals surface area contributed by atoms with E-state index in [-0.39, 0.29) is 5.78 Å². The first-order valence-electron chi connectivity index (χ1n) is 18.2. The average Bonchev–Trinajstić information content (AvgIpc) is 3.75. The normalized spacial score (nSPS) is 13.5. The van der Waals surface area contributed by atoms with Gasteiger partial charge in [-0.05, 0) is 70.8 Å². The number of benzene rings is 8. The van der Waals surface area contributed by atoms with Gasteiger partial charge in [-0.3, -0.25) is 4.79 Å². The molecule has 0 saturated heterocycles. The lowest BCUT2D eigenvalue weighted by atomic mass is 9.59. The Balaban J connectivity index is 1.28. The minimum atomic E-state index is -0.718. The number of aromatic nitrogens is 2. The molecule has 1 aliphatic rings. The van der Waals surface area contributed by atoms with Gasteiger partial charge in [0.15, 0.2) is 5.78 Å². The highest BCUT2D eigenvalue weighted by molar-refractivity contribution is 6.26. The summed E-state index contributed by atoms with van der Waals surface area (Å²) >= 11 is 0. The van der Waals surface area contributed by atoms with Crippen molar-refractivity contribution in [2.45, 2.75) is 5.41 Å². The van der Waals surface area contributed by atoms with Crippen molar-refractivity contribution in [3.05, 3.63) is 228 Å². The van der Waals surface area contributed by atoms with Crippen LogP contribution in [0.25, 0.3) is 55.0 Å². The van der Waals surface area contributed by atoms with Gasteiger partial charge in [0.25, 0.3) is 0 Å². The topological polar surface area (TPSA) is 26.9 Å². The van der Waals surface area contributed by atoms with E-state index in [1.54, 1.807) is 0 Å². The highest BCUT2D eigenvalue weighted by atomic mass is 16.1. The summed E-state index contributed by atoms with van der Waals surface area (Å²) in [6, 6.07) is 68.7. The summed E-state index contributed by atoms with van der Waals surface area (Å²) in [6.07, 6.45) is 0. The first-order valence-corrected chi connectivity index (χ1v) is 18.2. The maximum Gasteiger partial charge on any atom is 0.193 e. The number of nitrogens with zero attached hydrogens (tertiary/aromatic N) is 2. The first kappa shape index (κ1) is 29.7. The molecular weight excluding hydrogens is 645 g/mol. The Labute approximate surface area is 306 Å². The number of carbonyl (C=O) groups excluding carboxylic acids is 1. The van der Waals surface area contributed by atoms with E-state index >= 15 is 0 Å². The van der Waals surface area contributed by atoms with Crippen LogP contribution in [-0.4, -0.2) is 14.9 Å². The fourth-order valence-corrected chi connectivity index (χ4v) is 9.27. The van der Waals surface area contributed by atoms with E-state index in [1.165, 1.54) is 32.6 Å². The summed E-state index contributed by atoms with van der Waals surface area (Å²) < 4.78 is 4.81. The summed E-state index contributed by atoms with van der Waals surface area (Å²) in [4.78, 5) is 14.5. The Morgan fingerprint density at radius 3 is 1.66 bits per heavy atom. The third-order valence-electron chi connectivity index (χ3n) is 11.4. The van der Waals surface area contributed by atoms with Crippen molar-refractivity contribution in [2.75, 3.05) is 0 Å². The van der Waals surface area contributed by atoms with E-state index < -0.39 is 5.41 Å². The molecule has 10 aromatic rings. The summed E-state index contributed by atoms with van der Waals surface area (Å²) in [5.74, 6) is 0.0564. The molecule has 8 aromatic carbocycles. The molecular formula is C50H32N2O. The fourth-order valence-electron chi connectivity index (χ4n) is 9.27. The van der Waals surface area contributed by atoms with Crippen LogP contribution in [0, 0.1) is 0 Å². The standard InChI is InChI=1S/C50H32N2O/c53-49-39-23-10-13-25-42(39)50(33-16-4-1-5-17-33,34-18-6-2-7-19-34)43-32-36(28-29-40(43)49)51-45-27-15-12-24-41(45)47-46(51)31-30-38-37-22-11-14-26-44(37)52(48(38)47)35-20-8-3-9-21-35/h1-32H.